The van der Waals surface area contributed by atoms with E-state index in [4.69, 9.17) is 20.9 Å². The number of hydrogen-bond donors (Lipinski definition) is 2. The first kappa shape index (κ1) is 19.3. The first-order valence-electron chi connectivity index (χ1n) is 7.37. The standard InChI is InChI=1S/C15H19ClN2O4S2/c1-11-9-15(18-14-4-3-12(16)10-13(11)14)21-7-2-5-17-6-8-22-24(19,20)23/h3-4,9-10,17H,2,5-8H2,1H3,(H,19,20,23). The van der Waals surface area contributed by atoms with Gasteiger partial charge in [-0.2, -0.15) is 4.21 Å². The van der Waals surface area contributed by atoms with Crippen LogP contribution in [0.15, 0.2) is 24.3 Å². The fourth-order valence-electron chi connectivity index (χ4n) is 2.13. The smallest absolute Gasteiger partial charge is 0.266 e. The number of nitrogens with zero attached hydrogens (tertiary/aromatic N) is 1. The van der Waals surface area contributed by atoms with E-state index in [0.29, 0.717) is 30.6 Å². The van der Waals surface area contributed by atoms with E-state index in [1.165, 1.54) is 0 Å². The van der Waals surface area contributed by atoms with Crippen LogP contribution in [-0.2, 0) is 24.4 Å². The van der Waals surface area contributed by atoms with Crippen LogP contribution in [0.1, 0.15) is 12.0 Å². The van der Waals surface area contributed by atoms with E-state index in [9.17, 15) is 4.21 Å². The molecule has 1 aromatic heterocycles. The number of nitrogens with one attached hydrogen (secondary N) is 1. The number of pyridine rings is 1. The van der Waals surface area contributed by atoms with Crippen molar-refractivity contribution in [3.05, 3.63) is 34.9 Å². The molecule has 2 aromatic rings. The van der Waals surface area contributed by atoms with Gasteiger partial charge in [-0.15, -0.1) is 0 Å². The topological polar surface area (TPSA) is 80.7 Å². The van der Waals surface area contributed by atoms with Gasteiger partial charge < -0.3 is 10.1 Å². The van der Waals surface area contributed by atoms with Gasteiger partial charge in [0.1, 0.15) is 0 Å². The second-order valence-electron chi connectivity index (χ2n) is 5.14. The molecule has 2 N–H and O–H groups in total. The first-order valence-corrected chi connectivity index (χ1v) is 10.1. The molecule has 0 aliphatic rings. The average Bonchev–Trinajstić information content (AvgIpc) is 2.49. The molecule has 9 heteroatoms. The summed E-state index contributed by atoms with van der Waals surface area (Å²) in [5, 5.41) is 4.77. The number of ether oxygens (including phenoxy) is 1. The molecular formula is C15H19ClN2O4S2. The van der Waals surface area contributed by atoms with E-state index >= 15 is 0 Å². The Balaban J connectivity index is 1.73. The van der Waals surface area contributed by atoms with Crippen LogP contribution in [0.3, 0.4) is 0 Å². The van der Waals surface area contributed by atoms with Gasteiger partial charge in [-0.05, 0) is 43.7 Å². The van der Waals surface area contributed by atoms with Crippen LogP contribution in [0.25, 0.3) is 10.9 Å². The summed E-state index contributed by atoms with van der Waals surface area (Å²) >= 11 is 10.2. The van der Waals surface area contributed by atoms with Gasteiger partial charge in [-0.25, -0.2) is 4.98 Å². The number of aryl methyl sites for hydroxylation is 1. The summed E-state index contributed by atoms with van der Waals surface area (Å²) in [6, 6.07) is 7.46. The molecule has 0 aliphatic heterocycles. The molecule has 0 bridgehead atoms. The van der Waals surface area contributed by atoms with Gasteiger partial charge in [0.05, 0.1) is 18.7 Å². The third-order valence-electron chi connectivity index (χ3n) is 3.21. The zero-order valence-electron chi connectivity index (χ0n) is 13.2. The van der Waals surface area contributed by atoms with E-state index < -0.39 is 9.05 Å². The third-order valence-corrected chi connectivity index (χ3v) is 4.20. The second-order valence-corrected chi connectivity index (χ2v) is 7.93. The van der Waals surface area contributed by atoms with E-state index in [2.05, 4.69) is 25.7 Å². The van der Waals surface area contributed by atoms with Gasteiger partial charge in [-0.1, -0.05) is 11.6 Å². The van der Waals surface area contributed by atoms with E-state index in [-0.39, 0.29) is 6.61 Å². The van der Waals surface area contributed by atoms with Gasteiger partial charge in [0.25, 0.3) is 9.05 Å². The highest BCUT2D eigenvalue weighted by atomic mass is 35.5. The fraction of sp³-hybridized carbons (Fsp3) is 0.400. The van der Waals surface area contributed by atoms with Gasteiger partial charge >= 0.3 is 0 Å². The lowest BCUT2D eigenvalue weighted by Crippen LogP contribution is -2.23. The lowest BCUT2D eigenvalue weighted by Gasteiger charge is -2.09. The lowest BCUT2D eigenvalue weighted by atomic mass is 10.1. The Labute approximate surface area is 151 Å². The minimum Gasteiger partial charge on any atom is -0.478 e. The van der Waals surface area contributed by atoms with Crippen LogP contribution in [-0.4, -0.2) is 40.0 Å². The Morgan fingerprint density at radius 3 is 2.88 bits per heavy atom. The largest absolute Gasteiger partial charge is 0.478 e. The fourth-order valence-corrected chi connectivity index (χ4v) is 2.80. The molecule has 0 aliphatic carbocycles. The van der Waals surface area contributed by atoms with Crippen LogP contribution < -0.4 is 10.1 Å². The number of hydrogen-bond acceptors (Lipinski definition) is 6. The van der Waals surface area contributed by atoms with Crippen molar-refractivity contribution in [1.29, 1.82) is 0 Å². The molecule has 1 aromatic carbocycles. The summed E-state index contributed by atoms with van der Waals surface area (Å²) in [6.45, 7) is 3.73. The van der Waals surface area contributed by atoms with E-state index in [0.717, 1.165) is 22.9 Å². The molecule has 0 radical (unpaired) electrons. The molecule has 132 valence electrons. The third kappa shape index (κ3) is 6.46. The second kappa shape index (κ2) is 8.89. The number of fused-ring (bicyclic) bond motifs is 1. The van der Waals surface area contributed by atoms with Gasteiger partial charge in [0.15, 0.2) is 0 Å². The number of rotatable bonds is 9. The van der Waals surface area contributed by atoms with Crippen molar-refractivity contribution >= 4 is 42.7 Å². The summed E-state index contributed by atoms with van der Waals surface area (Å²) in [6.07, 6.45) is 0.766. The van der Waals surface area contributed by atoms with Crippen molar-refractivity contribution in [1.82, 2.24) is 10.3 Å². The van der Waals surface area contributed by atoms with Gasteiger partial charge in [-0.3, -0.25) is 8.74 Å². The van der Waals surface area contributed by atoms with E-state index in [1.54, 1.807) is 6.07 Å². The van der Waals surface area contributed by atoms with Gasteiger partial charge in [0.2, 0.25) is 5.88 Å². The Hall–Kier alpha value is -1.03. The summed E-state index contributed by atoms with van der Waals surface area (Å²) < 4.78 is 29.7. The molecule has 0 amide bonds. The highest BCUT2D eigenvalue weighted by Gasteiger charge is 2.04. The van der Waals surface area contributed by atoms with Crippen molar-refractivity contribution < 1.29 is 17.7 Å². The summed E-state index contributed by atoms with van der Waals surface area (Å²) in [7, 11) is -3.53. The maximum atomic E-state index is 10.7. The summed E-state index contributed by atoms with van der Waals surface area (Å²) in [4.78, 5) is 4.46. The predicted molar refractivity (Wildman–Crippen MR) is 98.6 cm³/mol. The molecule has 0 fully saturated rings. The normalized spacial score (nSPS) is 13.8. The Bertz CT molecular complexity index is 799. The lowest BCUT2D eigenvalue weighted by molar-refractivity contribution is 0.285. The van der Waals surface area contributed by atoms with Crippen LogP contribution in [0.5, 0.6) is 5.88 Å². The maximum Gasteiger partial charge on any atom is 0.266 e. The van der Waals surface area contributed by atoms with Crippen LogP contribution in [0.4, 0.5) is 0 Å². The van der Waals surface area contributed by atoms with Crippen molar-refractivity contribution in [2.24, 2.45) is 0 Å². The molecule has 1 unspecified atom stereocenters. The molecule has 0 saturated heterocycles. The number of aromatic nitrogens is 1. The van der Waals surface area contributed by atoms with Crippen molar-refractivity contribution in [3.8, 4) is 5.88 Å². The average molecular weight is 391 g/mol. The Morgan fingerprint density at radius 1 is 1.33 bits per heavy atom. The maximum absolute atomic E-state index is 10.7. The quantitative estimate of drug-likeness (QED) is 0.637. The molecule has 0 spiro atoms. The summed E-state index contributed by atoms with van der Waals surface area (Å²) in [5.74, 6) is 0.580. The Morgan fingerprint density at radius 2 is 2.12 bits per heavy atom. The Kier molecular flexibility index (Phi) is 7.15. The minimum absolute atomic E-state index is 0.0909. The zero-order chi connectivity index (χ0) is 17.6. The van der Waals surface area contributed by atoms with Gasteiger partial charge in [0, 0.05) is 34.2 Å². The molecule has 2 rings (SSSR count). The number of benzene rings is 1. The highest BCUT2D eigenvalue weighted by Crippen LogP contribution is 2.24. The highest BCUT2D eigenvalue weighted by molar-refractivity contribution is 8.27. The van der Waals surface area contributed by atoms with Crippen LogP contribution in [0.2, 0.25) is 5.02 Å². The predicted octanol–water partition coefficient (Wildman–Crippen LogP) is 2.71. The van der Waals surface area contributed by atoms with E-state index in [1.807, 2.05) is 25.1 Å². The number of halogens is 1. The molecular weight excluding hydrogens is 372 g/mol. The minimum atomic E-state index is -3.53. The van der Waals surface area contributed by atoms with Crippen molar-refractivity contribution in [2.45, 2.75) is 13.3 Å². The summed E-state index contributed by atoms with van der Waals surface area (Å²) in [5.41, 5.74) is 1.91. The van der Waals surface area contributed by atoms with Crippen molar-refractivity contribution in [2.75, 3.05) is 26.3 Å². The van der Waals surface area contributed by atoms with Crippen LogP contribution in [0, 0.1) is 6.92 Å². The first-order chi connectivity index (χ1) is 11.3. The monoisotopic (exact) mass is 390 g/mol. The zero-order valence-corrected chi connectivity index (χ0v) is 15.5. The molecule has 1 heterocycles. The molecule has 1 atom stereocenters. The van der Waals surface area contributed by atoms with Crippen LogP contribution >= 0.6 is 11.6 Å². The SMILES string of the molecule is Cc1cc(OCCCNCCOS(=O)(O)=S)nc2ccc(Cl)cc12. The molecule has 24 heavy (non-hydrogen) atoms. The molecule has 6 nitrogen and oxygen atoms in total. The van der Waals surface area contributed by atoms with Crippen molar-refractivity contribution in [3.63, 3.8) is 0 Å². The molecule has 0 saturated carbocycles.